The van der Waals surface area contributed by atoms with Gasteiger partial charge in [0.1, 0.15) is 0 Å². The molecule has 0 aromatic heterocycles. The van der Waals surface area contributed by atoms with Crippen LogP contribution in [0, 0.1) is 17.2 Å². The van der Waals surface area contributed by atoms with E-state index in [9.17, 15) is 9.59 Å². The summed E-state index contributed by atoms with van der Waals surface area (Å²) in [5.41, 5.74) is 1.36. The lowest BCUT2D eigenvalue weighted by Crippen LogP contribution is -2.32. The Labute approximate surface area is 117 Å². The number of likely N-dealkylation sites (N-methyl/N-ethyl adjacent to an activating group) is 1. The number of hydrogen-bond donors (Lipinski definition) is 1. The van der Waals surface area contributed by atoms with E-state index in [0.717, 1.165) is 5.56 Å². The van der Waals surface area contributed by atoms with Crippen LogP contribution in [0.1, 0.15) is 18.1 Å². The zero-order chi connectivity index (χ0) is 15.1. The molecule has 1 N–H and O–H groups in total. The quantitative estimate of drug-likeness (QED) is 0.828. The van der Waals surface area contributed by atoms with Crippen molar-refractivity contribution in [3.05, 3.63) is 41.5 Å². The van der Waals surface area contributed by atoms with Crippen LogP contribution < -0.4 is 0 Å². The van der Waals surface area contributed by atoms with Gasteiger partial charge in [-0.1, -0.05) is 19.1 Å². The highest BCUT2D eigenvalue weighted by Gasteiger charge is 2.15. The van der Waals surface area contributed by atoms with Gasteiger partial charge in [-0.3, -0.25) is 9.59 Å². The van der Waals surface area contributed by atoms with Crippen LogP contribution in [-0.2, 0) is 9.59 Å². The number of amides is 1. The molecular formula is C15H16N2O3. The first-order chi connectivity index (χ1) is 9.43. The summed E-state index contributed by atoms with van der Waals surface area (Å²) < 4.78 is 0. The number of carbonyl (C=O) groups excluding carboxylic acids is 1. The Kier molecular flexibility index (Phi) is 5.48. The average molecular weight is 272 g/mol. The molecular weight excluding hydrogens is 256 g/mol. The molecule has 0 spiro atoms. The lowest BCUT2D eigenvalue weighted by atomic mass is 10.1. The summed E-state index contributed by atoms with van der Waals surface area (Å²) in [5, 5.41) is 17.5. The molecule has 0 saturated carbocycles. The van der Waals surface area contributed by atoms with Crippen molar-refractivity contribution >= 4 is 18.0 Å². The van der Waals surface area contributed by atoms with Crippen LogP contribution in [0.4, 0.5) is 0 Å². The molecule has 1 amide bonds. The van der Waals surface area contributed by atoms with Crippen molar-refractivity contribution < 1.29 is 14.7 Å². The molecule has 1 atom stereocenters. The molecule has 20 heavy (non-hydrogen) atoms. The second kappa shape index (κ2) is 7.10. The minimum atomic E-state index is -0.930. The van der Waals surface area contributed by atoms with E-state index < -0.39 is 11.9 Å². The van der Waals surface area contributed by atoms with E-state index in [2.05, 4.69) is 0 Å². The maximum atomic E-state index is 11.8. The van der Waals surface area contributed by atoms with Gasteiger partial charge in [-0.2, -0.15) is 5.26 Å². The highest BCUT2D eigenvalue weighted by Crippen LogP contribution is 2.06. The molecule has 5 heteroatoms. The summed E-state index contributed by atoms with van der Waals surface area (Å²) >= 11 is 0. The highest BCUT2D eigenvalue weighted by molar-refractivity contribution is 5.91. The number of aliphatic carboxylic acids is 1. The van der Waals surface area contributed by atoms with Crippen LogP contribution in [-0.4, -0.2) is 35.5 Å². The van der Waals surface area contributed by atoms with Crippen molar-refractivity contribution in [2.75, 3.05) is 13.6 Å². The second-order valence-electron chi connectivity index (χ2n) is 4.53. The molecule has 1 aromatic rings. The van der Waals surface area contributed by atoms with Crippen molar-refractivity contribution in [2.24, 2.45) is 5.92 Å². The summed E-state index contributed by atoms with van der Waals surface area (Å²) in [6, 6.07) is 8.83. The Morgan fingerprint density at radius 3 is 2.50 bits per heavy atom. The Bertz CT molecular complexity index is 555. The van der Waals surface area contributed by atoms with Crippen LogP contribution in [0.15, 0.2) is 30.3 Å². The summed E-state index contributed by atoms with van der Waals surface area (Å²) in [6.07, 6.45) is 3.02. The van der Waals surface area contributed by atoms with Gasteiger partial charge in [-0.25, -0.2) is 0 Å². The van der Waals surface area contributed by atoms with Crippen molar-refractivity contribution in [3.63, 3.8) is 0 Å². The lowest BCUT2D eigenvalue weighted by Gasteiger charge is -2.17. The topological polar surface area (TPSA) is 81.4 Å². The molecule has 1 rings (SSSR count). The highest BCUT2D eigenvalue weighted by atomic mass is 16.4. The van der Waals surface area contributed by atoms with E-state index in [-0.39, 0.29) is 12.5 Å². The average Bonchev–Trinajstić information content (AvgIpc) is 2.44. The van der Waals surface area contributed by atoms with E-state index in [1.165, 1.54) is 11.0 Å². The molecule has 1 aromatic carbocycles. The molecule has 0 fully saturated rings. The number of benzene rings is 1. The van der Waals surface area contributed by atoms with Crippen LogP contribution in [0.25, 0.3) is 6.08 Å². The zero-order valence-corrected chi connectivity index (χ0v) is 11.4. The molecule has 0 aliphatic rings. The zero-order valence-electron chi connectivity index (χ0n) is 11.4. The number of nitrogens with zero attached hydrogens (tertiary/aromatic N) is 2. The SMILES string of the molecule is CC(CN(C)C(=O)C=Cc1ccc(C#N)cc1)C(=O)O. The third kappa shape index (κ3) is 4.58. The summed E-state index contributed by atoms with van der Waals surface area (Å²) in [4.78, 5) is 23.9. The normalized spacial score (nSPS) is 11.8. The van der Waals surface area contributed by atoms with E-state index in [0.29, 0.717) is 5.56 Å². The molecule has 0 aliphatic carbocycles. The largest absolute Gasteiger partial charge is 0.481 e. The molecule has 0 saturated heterocycles. The van der Waals surface area contributed by atoms with Gasteiger partial charge in [0.15, 0.2) is 0 Å². The fraction of sp³-hybridized carbons (Fsp3) is 0.267. The number of carbonyl (C=O) groups is 2. The molecule has 104 valence electrons. The van der Waals surface area contributed by atoms with Gasteiger partial charge >= 0.3 is 5.97 Å². The predicted octanol–water partition coefficient (Wildman–Crippen LogP) is 1.75. The molecule has 0 heterocycles. The van der Waals surface area contributed by atoms with Crippen LogP contribution in [0.2, 0.25) is 0 Å². The van der Waals surface area contributed by atoms with Gasteiger partial charge in [-0.05, 0) is 23.8 Å². The molecule has 1 unspecified atom stereocenters. The molecule has 0 bridgehead atoms. The first-order valence-corrected chi connectivity index (χ1v) is 6.10. The minimum absolute atomic E-state index is 0.159. The number of carboxylic acid groups (broad SMARTS) is 1. The molecule has 0 aliphatic heterocycles. The molecule has 0 radical (unpaired) electrons. The number of nitriles is 1. The Morgan fingerprint density at radius 2 is 2.00 bits per heavy atom. The Balaban J connectivity index is 2.62. The van der Waals surface area contributed by atoms with E-state index in [1.54, 1.807) is 44.3 Å². The van der Waals surface area contributed by atoms with E-state index in [1.807, 2.05) is 6.07 Å². The Morgan fingerprint density at radius 1 is 1.40 bits per heavy atom. The van der Waals surface area contributed by atoms with Crippen LogP contribution in [0.3, 0.4) is 0 Å². The van der Waals surface area contributed by atoms with Crippen molar-refractivity contribution in [3.8, 4) is 6.07 Å². The number of rotatable bonds is 5. The third-order valence-electron chi connectivity index (χ3n) is 2.80. The number of carboxylic acids is 1. The maximum absolute atomic E-state index is 11.8. The maximum Gasteiger partial charge on any atom is 0.308 e. The van der Waals surface area contributed by atoms with Gasteiger partial charge in [-0.15, -0.1) is 0 Å². The predicted molar refractivity (Wildman–Crippen MR) is 74.6 cm³/mol. The monoisotopic (exact) mass is 272 g/mol. The van der Waals surface area contributed by atoms with Gasteiger partial charge < -0.3 is 10.0 Å². The standard InChI is InChI=1S/C15H16N2O3/c1-11(15(19)20)10-17(2)14(18)8-7-12-3-5-13(9-16)6-4-12/h3-8,11H,10H2,1-2H3,(H,19,20). The fourth-order valence-electron chi connectivity index (χ4n) is 1.54. The van der Waals surface area contributed by atoms with Crippen molar-refractivity contribution in [1.29, 1.82) is 5.26 Å². The van der Waals surface area contributed by atoms with E-state index in [4.69, 9.17) is 10.4 Å². The van der Waals surface area contributed by atoms with Gasteiger partial charge in [0.25, 0.3) is 0 Å². The fourth-order valence-corrected chi connectivity index (χ4v) is 1.54. The second-order valence-corrected chi connectivity index (χ2v) is 4.53. The molecule has 5 nitrogen and oxygen atoms in total. The van der Waals surface area contributed by atoms with Gasteiger partial charge in [0.2, 0.25) is 5.91 Å². The smallest absolute Gasteiger partial charge is 0.308 e. The first kappa shape index (κ1) is 15.4. The van der Waals surface area contributed by atoms with Crippen LogP contribution >= 0.6 is 0 Å². The Hall–Kier alpha value is -2.61. The first-order valence-electron chi connectivity index (χ1n) is 6.10. The van der Waals surface area contributed by atoms with Gasteiger partial charge in [0.05, 0.1) is 17.6 Å². The summed E-state index contributed by atoms with van der Waals surface area (Å²) in [6.45, 7) is 1.71. The van der Waals surface area contributed by atoms with Crippen LogP contribution in [0.5, 0.6) is 0 Å². The summed E-state index contributed by atoms with van der Waals surface area (Å²) in [7, 11) is 1.56. The van der Waals surface area contributed by atoms with Crippen molar-refractivity contribution in [1.82, 2.24) is 4.90 Å². The van der Waals surface area contributed by atoms with Gasteiger partial charge in [0, 0.05) is 19.7 Å². The lowest BCUT2D eigenvalue weighted by molar-refractivity contribution is -0.142. The van der Waals surface area contributed by atoms with Crippen molar-refractivity contribution in [2.45, 2.75) is 6.92 Å². The minimum Gasteiger partial charge on any atom is -0.481 e. The number of hydrogen-bond acceptors (Lipinski definition) is 3. The van der Waals surface area contributed by atoms with E-state index >= 15 is 0 Å². The third-order valence-corrected chi connectivity index (χ3v) is 2.80. The summed E-state index contributed by atoms with van der Waals surface area (Å²) in [5.74, 6) is -1.80.